The zero-order valence-electron chi connectivity index (χ0n) is 18.9. The van der Waals surface area contributed by atoms with E-state index in [1.807, 2.05) is 0 Å². The van der Waals surface area contributed by atoms with Gasteiger partial charge in [0.2, 0.25) is 4.93 Å². The first-order valence-corrected chi connectivity index (χ1v) is 13.6. The third-order valence-corrected chi connectivity index (χ3v) is 8.76. The molecule has 0 heterocycles. The van der Waals surface area contributed by atoms with Gasteiger partial charge in [-0.1, -0.05) is 90.4 Å². The molecule has 0 aliphatic heterocycles. The minimum atomic E-state index is -4.46. The van der Waals surface area contributed by atoms with Crippen LogP contribution in [0.5, 0.6) is 0 Å². The first-order valence-electron chi connectivity index (χ1n) is 12.0. The predicted octanol–water partition coefficient (Wildman–Crippen LogP) is 1.39. The van der Waals surface area contributed by atoms with Crippen LogP contribution in [0.4, 0.5) is 0 Å². The van der Waals surface area contributed by atoms with Crippen molar-refractivity contribution in [3.05, 3.63) is 0 Å². The Balaban J connectivity index is 2.23. The largest absolute Gasteiger partial charge is 0.387 e. The van der Waals surface area contributed by atoms with E-state index >= 15 is 0 Å². The Hall–Kier alpha value is -0.290. The summed E-state index contributed by atoms with van der Waals surface area (Å²) >= 11 is 0. The van der Waals surface area contributed by atoms with E-state index in [1.165, 1.54) is 57.8 Å². The molecule has 0 aromatic heterocycles. The van der Waals surface area contributed by atoms with Crippen molar-refractivity contribution in [2.75, 3.05) is 5.75 Å². The highest BCUT2D eigenvalue weighted by atomic mass is 32.2. The fourth-order valence-corrected chi connectivity index (χ4v) is 6.18. The lowest BCUT2D eigenvalue weighted by atomic mass is 9.84. The van der Waals surface area contributed by atoms with E-state index in [4.69, 9.17) is 0 Å². The Morgan fingerprint density at radius 2 is 0.903 bits per heavy atom. The number of rotatable bonds is 16. The minimum Gasteiger partial charge on any atom is -0.387 e. The molecule has 186 valence electrons. The van der Waals surface area contributed by atoms with Gasteiger partial charge in [-0.25, -0.2) is 8.42 Å². The fraction of sp³-hybridized carbons (Fsp3) is 1.00. The third-order valence-electron chi connectivity index (χ3n) is 6.46. The molecule has 0 aromatic carbocycles. The lowest BCUT2D eigenvalue weighted by molar-refractivity contribution is -0.238. The summed E-state index contributed by atoms with van der Waals surface area (Å²) in [6.45, 7) is 2.22. The van der Waals surface area contributed by atoms with Crippen molar-refractivity contribution >= 4 is 9.84 Å². The van der Waals surface area contributed by atoms with Crippen molar-refractivity contribution < 1.29 is 39.1 Å². The van der Waals surface area contributed by atoms with Crippen molar-refractivity contribution in [3.8, 4) is 0 Å². The average Bonchev–Trinajstić information content (AvgIpc) is 2.75. The third kappa shape index (κ3) is 7.91. The van der Waals surface area contributed by atoms with E-state index in [-0.39, 0.29) is 6.42 Å². The summed E-state index contributed by atoms with van der Waals surface area (Å²) in [4.78, 5) is -3.12. The Morgan fingerprint density at radius 3 is 1.26 bits per heavy atom. The Kier molecular flexibility index (Phi) is 13.1. The topological polar surface area (TPSA) is 156 Å². The van der Waals surface area contributed by atoms with Crippen LogP contribution in [-0.2, 0) is 9.84 Å². The molecule has 6 atom stereocenters. The molecule has 0 radical (unpaired) electrons. The minimum absolute atomic E-state index is 0.233. The molecule has 1 aliphatic rings. The van der Waals surface area contributed by atoms with Crippen LogP contribution in [-0.4, -0.2) is 80.3 Å². The summed E-state index contributed by atoms with van der Waals surface area (Å²) in [5.74, 6) is -0.495. The van der Waals surface area contributed by atoms with E-state index in [1.54, 1.807) is 0 Å². The zero-order chi connectivity index (χ0) is 23.5. The van der Waals surface area contributed by atoms with Crippen LogP contribution in [0, 0.1) is 0 Å². The molecule has 1 fully saturated rings. The summed E-state index contributed by atoms with van der Waals surface area (Å²) in [5.41, 5.74) is 0. The SMILES string of the molecule is CCCCCCCCCCCCCCCCS(=O)(=O)C1(O)[C@H](O)[C@@H](O)C(O)[C@H](O)[C@@H]1O. The quantitative estimate of drug-likeness (QED) is 0.186. The Labute approximate surface area is 187 Å². The van der Waals surface area contributed by atoms with Gasteiger partial charge < -0.3 is 30.6 Å². The van der Waals surface area contributed by atoms with Gasteiger partial charge in [-0.2, -0.15) is 0 Å². The standard InChI is InChI=1S/C22H44O8S/c1-2-3-4-5-6-7-8-9-10-11-12-13-14-15-16-31(29,30)22(28)20(26)18(24)17(23)19(25)21(22)27/h17-21,23-28H,2-16H2,1H3/t17?,18-,19-,20-,21+,22?/m0/s1. The van der Waals surface area contributed by atoms with Crippen molar-refractivity contribution in [1.82, 2.24) is 0 Å². The summed E-state index contributed by atoms with van der Waals surface area (Å²) in [6, 6.07) is 0. The molecular formula is C22H44O8S. The molecule has 31 heavy (non-hydrogen) atoms. The number of hydrogen-bond acceptors (Lipinski definition) is 8. The van der Waals surface area contributed by atoms with E-state index in [2.05, 4.69) is 6.92 Å². The molecule has 2 unspecified atom stereocenters. The van der Waals surface area contributed by atoms with Crippen LogP contribution in [0.2, 0.25) is 0 Å². The zero-order valence-corrected chi connectivity index (χ0v) is 19.7. The van der Waals surface area contributed by atoms with Gasteiger partial charge >= 0.3 is 0 Å². The van der Waals surface area contributed by atoms with Crippen LogP contribution in [0.15, 0.2) is 0 Å². The van der Waals surface area contributed by atoms with Crippen LogP contribution in [0.25, 0.3) is 0 Å². The van der Waals surface area contributed by atoms with Crippen molar-refractivity contribution in [2.24, 2.45) is 0 Å². The maximum atomic E-state index is 12.6. The summed E-state index contributed by atoms with van der Waals surface area (Å²) in [5, 5.41) is 59.5. The maximum absolute atomic E-state index is 12.6. The Morgan fingerprint density at radius 1 is 0.581 bits per heavy atom. The fourth-order valence-electron chi connectivity index (χ4n) is 4.26. The second-order valence-electron chi connectivity index (χ2n) is 9.03. The van der Waals surface area contributed by atoms with E-state index in [0.717, 1.165) is 19.3 Å². The molecule has 9 heteroatoms. The van der Waals surface area contributed by atoms with Crippen LogP contribution < -0.4 is 0 Å². The number of sulfone groups is 1. The van der Waals surface area contributed by atoms with Crippen molar-refractivity contribution in [1.29, 1.82) is 0 Å². The van der Waals surface area contributed by atoms with Gasteiger partial charge in [-0.3, -0.25) is 0 Å². The molecule has 1 rings (SSSR count). The molecule has 1 aliphatic carbocycles. The summed E-state index contributed by atoms with van der Waals surface area (Å²) < 4.78 is 25.1. The molecule has 1 saturated carbocycles. The van der Waals surface area contributed by atoms with E-state index in [0.29, 0.717) is 6.42 Å². The van der Waals surface area contributed by atoms with Gasteiger partial charge in [0, 0.05) is 0 Å². The van der Waals surface area contributed by atoms with Crippen LogP contribution in [0.3, 0.4) is 0 Å². The van der Waals surface area contributed by atoms with Gasteiger partial charge in [0.15, 0.2) is 9.84 Å². The van der Waals surface area contributed by atoms with Crippen molar-refractivity contribution in [2.45, 2.75) is 132 Å². The molecule has 0 saturated heterocycles. The van der Waals surface area contributed by atoms with Gasteiger partial charge in [0.05, 0.1) is 5.75 Å². The Bertz CT molecular complexity index is 566. The highest BCUT2D eigenvalue weighted by molar-refractivity contribution is 7.92. The van der Waals surface area contributed by atoms with Crippen LogP contribution >= 0.6 is 0 Å². The van der Waals surface area contributed by atoms with Crippen LogP contribution in [0.1, 0.15) is 96.8 Å². The molecule has 6 N–H and O–H groups in total. The molecular weight excluding hydrogens is 424 g/mol. The normalized spacial score (nSPS) is 31.8. The van der Waals surface area contributed by atoms with Gasteiger partial charge in [0.25, 0.3) is 0 Å². The highest BCUT2D eigenvalue weighted by Crippen LogP contribution is 2.35. The highest BCUT2D eigenvalue weighted by Gasteiger charge is 2.64. The summed E-state index contributed by atoms with van der Waals surface area (Å²) in [6.07, 6.45) is 4.55. The first-order chi connectivity index (χ1) is 14.6. The lowest BCUT2D eigenvalue weighted by Crippen LogP contribution is -2.73. The first kappa shape index (κ1) is 28.7. The van der Waals surface area contributed by atoms with Gasteiger partial charge in [-0.15, -0.1) is 0 Å². The predicted molar refractivity (Wildman–Crippen MR) is 119 cm³/mol. The molecule has 0 aromatic rings. The van der Waals surface area contributed by atoms with Crippen molar-refractivity contribution in [3.63, 3.8) is 0 Å². The number of hydrogen-bond donors (Lipinski definition) is 6. The van der Waals surface area contributed by atoms with Gasteiger partial charge in [-0.05, 0) is 6.42 Å². The molecule has 0 amide bonds. The molecule has 8 nitrogen and oxygen atoms in total. The molecule has 0 bridgehead atoms. The molecule has 0 spiro atoms. The maximum Gasteiger partial charge on any atom is 0.223 e. The monoisotopic (exact) mass is 468 g/mol. The van der Waals surface area contributed by atoms with E-state index < -0.39 is 51.0 Å². The second-order valence-corrected chi connectivity index (χ2v) is 11.3. The second kappa shape index (κ2) is 14.1. The smallest absolute Gasteiger partial charge is 0.223 e. The summed E-state index contributed by atoms with van der Waals surface area (Å²) in [7, 11) is -4.46. The number of aliphatic hydroxyl groups is 6. The lowest BCUT2D eigenvalue weighted by Gasteiger charge is -2.46. The van der Waals surface area contributed by atoms with Gasteiger partial charge in [0.1, 0.15) is 30.5 Å². The number of unbranched alkanes of at least 4 members (excludes halogenated alkanes) is 13. The average molecular weight is 469 g/mol. The van der Waals surface area contributed by atoms with E-state index in [9.17, 15) is 39.1 Å². The number of aliphatic hydroxyl groups excluding tert-OH is 5.